The van der Waals surface area contributed by atoms with Crippen molar-refractivity contribution in [1.82, 2.24) is 0 Å². The zero-order valence-electron chi connectivity index (χ0n) is 12.8. The molecule has 2 N–H and O–H groups in total. The number of hydrogen-bond donors (Lipinski definition) is 1. The number of benzene rings is 1. The Kier molecular flexibility index (Phi) is 5.52. The first-order chi connectivity index (χ1) is 11.3. The maximum Gasteiger partial charge on any atom is 0.338 e. The minimum atomic E-state index is -0.911. The summed E-state index contributed by atoms with van der Waals surface area (Å²) in [4.78, 5) is 12.3. The summed E-state index contributed by atoms with van der Waals surface area (Å²) in [6, 6.07) is 4.60. The van der Waals surface area contributed by atoms with Gasteiger partial charge in [-0.1, -0.05) is 11.6 Å². The van der Waals surface area contributed by atoms with Gasteiger partial charge in [-0.15, -0.1) is 0 Å². The van der Waals surface area contributed by atoms with Crippen LogP contribution in [0.2, 0.25) is 5.02 Å². The van der Waals surface area contributed by atoms with Crippen LogP contribution >= 0.6 is 27.5 Å². The zero-order valence-corrected chi connectivity index (χ0v) is 15.2. The van der Waals surface area contributed by atoms with Crippen LogP contribution in [-0.2, 0) is 14.3 Å². The molecule has 2 rings (SSSR count). The fourth-order valence-corrected chi connectivity index (χ4v) is 2.99. The predicted octanol–water partition coefficient (Wildman–Crippen LogP) is 3.89. The number of halogens is 3. The average Bonchev–Trinajstić information content (AvgIpc) is 2.51. The largest absolute Gasteiger partial charge is 0.463 e. The Morgan fingerprint density at radius 1 is 1.58 bits per heavy atom. The van der Waals surface area contributed by atoms with E-state index in [1.807, 2.05) is 6.07 Å². The van der Waals surface area contributed by atoms with Gasteiger partial charge in [-0.25, -0.2) is 9.18 Å². The van der Waals surface area contributed by atoms with E-state index in [-0.39, 0.29) is 34.4 Å². The number of allylic oxidation sites excluding steroid dienone is 2. The molecule has 1 aromatic carbocycles. The van der Waals surface area contributed by atoms with Crippen molar-refractivity contribution >= 4 is 33.5 Å². The molecule has 0 saturated carbocycles. The van der Waals surface area contributed by atoms with Crippen LogP contribution in [0.15, 0.2) is 39.4 Å². The molecule has 1 unspecified atom stereocenters. The standard InChI is InChI=1S/C16H13BrClFN2O3/c1-3-23-16(22)12-7(2)24-15(21)9(6-20)13(12)8-4-10(17)14(18)11(19)5-8/h4-5,13H,3,21H2,1-2H3. The lowest BCUT2D eigenvalue weighted by molar-refractivity contribution is -0.139. The minimum Gasteiger partial charge on any atom is -0.463 e. The van der Waals surface area contributed by atoms with E-state index in [4.69, 9.17) is 26.8 Å². The molecule has 5 nitrogen and oxygen atoms in total. The summed E-state index contributed by atoms with van der Waals surface area (Å²) in [5.74, 6) is -2.21. The summed E-state index contributed by atoms with van der Waals surface area (Å²) < 4.78 is 24.7. The number of nitrogens with zero attached hydrogens (tertiary/aromatic N) is 1. The molecule has 1 atom stereocenters. The Bertz CT molecular complexity index is 791. The number of nitriles is 1. The van der Waals surface area contributed by atoms with Crippen LogP contribution in [0, 0.1) is 17.1 Å². The van der Waals surface area contributed by atoms with E-state index in [9.17, 15) is 14.4 Å². The third kappa shape index (κ3) is 3.25. The van der Waals surface area contributed by atoms with Crippen molar-refractivity contribution in [1.29, 1.82) is 5.26 Å². The Labute approximate surface area is 151 Å². The summed E-state index contributed by atoms with van der Waals surface area (Å²) in [5.41, 5.74) is 6.19. The summed E-state index contributed by atoms with van der Waals surface area (Å²) >= 11 is 8.97. The molecule has 0 aliphatic carbocycles. The van der Waals surface area contributed by atoms with E-state index in [2.05, 4.69) is 15.9 Å². The van der Waals surface area contributed by atoms with Crippen molar-refractivity contribution in [3.8, 4) is 6.07 Å². The van der Waals surface area contributed by atoms with Crippen LogP contribution in [-0.4, -0.2) is 12.6 Å². The normalized spacial score (nSPS) is 17.4. The van der Waals surface area contributed by atoms with Gasteiger partial charge in [-0.05, 0) is 47.5 Å². The fraction of sp³-hybridized carbons (Fsp3) is 0.250. The number of rotatable bonds is 3. The van der Waals surface area contributed by atoms with Gasteiger partial charge < -0.3 is 15.2 Å². The van der Waals surface area contributed by atoms with Crippen LogP contribution in [0.1, 0.15) is 25.3 Å². The van der Waals surface area contributed by atoms with Crippen LogP contribution in [0.5, 0.6) is 0 Å². The molecular formula is C16H13BrClFN2O3. The Morgan fingerprint density at radius 2 is 2.25 bits per heavy atom. The first-order valence-corrected chi connectivity index (χ1v) is 8.08. The summed E-state index contributed by atoms with van der Waals surface area (Å²) in [7, 11) is 0. The van der Waals surface area contributed by atoms with Crippen molar-refractivity contribution in [2.75, 3.05) is 6.61 Å². The van der Waals surface area contributed by atoms with Crippen molar-refractivity contribution < 1.29 is 18.7 Å². The van der Waals surface area contributed by atoms with Crippen LogP contribution in [0.3, 0.4) is 0 Å². The molecule has 1 heterocycles. The highest BCUT2D eigenvalue weighted by atomic mass is 79.9. The van der Waals surface area contributed by atoms with Crippen molar-refractivity contribution in [3.05, 3.63) is 55.8 Å². The molecule has 0 saturated heterocycles. The molecule has 1 aliphatic heterocycles. The lowest BCUT2D eigenvalue weighted by Gasteiger charge is -2.27. The quantitative estimate of drug-likeness (QED) is 0.598. The third-order valence-electron chi connectivity index (χ3n) is 3.44. The number of hydrogen-bond acceptors (Lipinski definition) is 5. The molecule has 1 aromatic rings. The Hall–Kier alpha value is -2.04. The van der Waals surface area contributed by atoms with Crippen molar-refractivity contribution in [2.24, 2.45) is 5.73 Å². The van der Waals surface area contributed by atoms with E-state index in [0.29, 0.717) is 10.0 Å². The second-order valence-electron chi connectivity index (χ2n) is 4.91. The maximum atomic E-state index is 14.0. The van der Waals surface area contributed by atoms with Crippen molar-refractivity contribution in [3.63, 3.8) is 0 Å². The summed E-state index contributed by atoms with van der Waals surface area (Å²) in [6.07, 6.45) is 0. The van der Waals surface area contributed by atoms with Crippen LogP contribution in [0.4, 0.5) is 4.39 Å². The molecule has 0 fully saturated rings. The average molecular weight is 416 g/mol. The molecule has 0 bridgehead atoms. The smallest absolute Gasteiger partial charge is 0.338 e. The third-order valence-corrected chi connectivity index (χ3v) is 4.68. The van der Waals surface area contributed by atoms with Gasteiger partial charge >= 0.3 is 5.97 Å². The SMILES string of the molecule is CCOC(=O)C1=C(C)OC(N)=C(C#N)C1c1cc(F)c(Cl)c(Br)c1. The van der Waals surface area contributed by atoms with E-state index in [0.717, 1.165) is 6.07 Å². The molecule has 8 heteroatoms. The second kappa shape index (κ2) is 7.24. The molecule has 0 amide bonds. The highest BCUT2D eigenvalue weighted by molar-refractivity contribution is 9.10. The minimum absolute atomic E-state index is 0.00252. The number of ether oxygens (including phenoxy) is 2. The van der Waals surface area contributed by atoms with E-state index >= 15 is 0 Å². The molecule has 126 valence electrons. The van der Waals surface area contributed by atoms with Crippen molar-refractivity contribution in [2.45, 2.75) is 19.8 Å². The Morgan fingerprint density at radius 3 is 2.79 bits per heavy atom. The van der Waals surface area contributed by atoms with E-state index < -0.39 is 17.7 Å². The van der Waals surface area contributed by atoms with E-state index in [1.54, 1.807) is 6.92 Å². The molecule has 24 heavy (non-hydrogen) atoms. The summed E-state index contributed by atoms with van der Waals surface area (Å²) in [5, 5.41) is 9.33. The highest BCUT2D eigenvalue weighted by Crippen LogP contribution is 2.41. The van der Waals surface area contributed by atoms with Gasteiger partial charge in [0, 0.05) is 4.47 Å². The van der Waals surface area contributed by atoms with Gasteiger partial charge in [-0.3, -0.25) is 0 Å². The lowest BCUT2D eigenvalue weighted by Crippen LogP contribution is -2.25. The number of nitrogens with two attached hydrogens (primary N) is 1. The fourth-order valence-electron chi connectivity index (χ4n) is 2.43. The Balaban J connectivity index is 2.69. The van der Waals surface area contributed by atoms with Gasteiger partial charge in [-0.2, -0.15) is 5.26 Å². The molecule has 0 radical (unpaired) electrons. The first-order valence-electron chi connectivity index (χ1n) is 6.91. The van der Waals surface area contributed by atoms with Gasteiger partial charge in [0.2, 0.25) is 5.88 Å². The molecule has 1 aliphatic rings. The van der Waals surface area contributed by atoms with Crippen LogP contribution < -0.4 is 5.73 Å². The van der Waals surface area contributed by atoms with Gasteiger partial charge in [0.1, 0.15) is 23.2 Å². The monoisotopic (exact) mass is 414 g/mol. The number of carbonyl (C=O) groups is 1. The second-order valence-corrected chi connectivity index (χ2v) is 6.15. The predicted molar refractivity (Wildman–Crippen MR) is 89.1 cm³/mol. The zero-order chi connectivity index (χ0) is 18.0. The highest BCUT2D eigenvalue weighted by Gasteiger charge is 2.36. The topological polar surface area (TPSA) is 85.3 Å². The lowest BCUT2D eigenvalue weighted by atomic mass is 9.83. The van der Waals surface area contributed by atoms with Gasteiger partial charge in [0.05, 0.1) is 23.1 Å². The van der Waals surface area contributed by atoms with Crippen LogP contribution in [0.25, 0.3) is 0 Å². The van der Waals surface area contributed by atoms with E-state index in [1.165, 1.54) is 13.0 Å². The molecule has 0 aromatic heterocycles. The number of carbonyl (C=O) groups excluding carboxylic acids is 1. The molecule has 0 spiro atoms. The number of esters is 1. The summed E-state index contributed by atoms with van der Waals surface area (Å²) in [6.45, 7) is 3.32. The maximum absolute atomic E-state index is 14.0. The first kappa shape index (κ1) is 18.3. The molecular weight excluding hydrogens is 403 g/mol. The van der Waals surface area contributed by atoms with Gasteiger partial charge in [0.15, 0.2) is 0 Å². The van der Waals surface area contributed by atoms with Gasteiger partial charge in [0.25, 0.3) is 0 Å².